The van der Waals surface area contributed by atoms with Gasteiger partial charge in [-0.05, 0) is 47.7 Å². The van der Waals surface area contributed by atoms with Crippen molar-refractivity contribution in [2.75, 3.05) is 5.32 Å². The second kappa shape index (κ2) is 5.50. The molecule has 3 atom stereocenters. The molecule has 0 saturated carbocycles. The summed E-state index contributed by atoms with van der Waals surface area (Å²) >= 11 is 6.88. The van der Waals surface area contributed by atoms with E-state index in [1.807, 2.05) is 18.2 Å². The van der Waals surface area contributed by atoms with Gasteiger partial charge in [-0.2, -0.15) is 0 Å². The van der Waals surface area contributed by atoms with E-state index in [0.29, 0.717) is 11.6 Å². The predicted molar refractivity (Wildman–Crippen MR) is 94.6 cm³/mol. The first kappa shape index (κ1) is 14.5. The largest absolute Gasteiger partial charge is 0.375 e. The van der Waals surface area contributed by atoms with Crippen LogP contribution in [0.5, 0.6) is 0 Å². The minimum absolute atomic E-state index is 0.135. The first-order chi connectivity index (χ1) is 10.6. The number of anilines is 1. The van der Waals surface area contributed by atoms with Gasteiger partial charge >= 0.3 is 0 Å². The normalized spacial score (nSPS) is 25.5. The lowest BCUT2D eigenvalue weighted by atomic mass is 9.77. The highest BCUT2D eigenvalue weighted by atomic mass is 79.9. The fourth-order valence-electron chi connectivity index (χ4n) is 3.62. The summed E-state index contributed by atoms with van der Waals surface area (Å²) in [5.74, 6) is 0.518. The number of hydrogen-bond acceptors (Lipinski definition) is 1. The molecule has 0 bridgehead atoms. The number of fused-ring (bicyclic) bond motifs is 3. The van der Waals surface area contributed by atoms with E-state index in [1.54, 1.807) is 0 Å². The number of hydrogen-bond donors (Lipinski definition) is 1. The molecule has 0 radical (unpaired) electrons. The lowest BCUT2D eigenvalue weighted by Gasteiger charge is -2.37. The van der Waals surface area contributed by atoms with Crippen molar-refractivity contribution < 1.29 is 4.39 Å². The summed E-state index contributed by atoms with van der Waals surface area (Å²) in [6, 6.07) is 12.0. The van der Waals surface area contributed by atoms with Crippen molar-refractivity contribution in [1.29, 1.82) is 0 Å². The van der Waals surface area contributed by atoms with Gasteiger partial charge in [-0.15, -0.1) is 0 Å². The molecule has 4 rings (SSSR count). The van der Waals surface area contributed by atoms with Gasteiger partial charge < -0.3 is 5.32 Å². The molecule has 1 N–H and O–H groups in total. The van der Waals surface area contributed by atoms with Crippen molar-refractivity contribution in [2.24, 2.45) is 5.92 Å². The standard InChI is InChI=1S/C18H14Br2FN/c19-11-6-4-10(5-7-11)17-14-3-1-2-13(14)15-8-12(20)9-16(21)18(15)22-17/h1-2,4-9,13-14,17,22H,3H2/t13-,14-,17-/m1/s1. The van der Waals surface area contributed by atoms with Gasteiger partial charge in [-0.3, -0.25) is 0 Å². The van der Waals surface area contributed by atoms with Crippen LogP contribution < -0.4 is 5.32 Å². The van der Waals surface area contributed by atoms with Crippen molar-refractivity contribution in [3.05, 3.63) is 74.4 Å². The van der Waals surface area contributed by atoms with Crippen LogP contribution >= 0.6 is 31.9 Å². The number of halogens is 3. The van der Waals surface area contributed by atoms with Gasteiger partial charge in [0.15, 0.2) is 0 Å². The van der Waals surface area contributed by atoms with Crippen molar-refractivity contribution in [3.8, 4) is 0 Å². The van der Waals surface area contributed by atoms with Crippen LogP contribution in [-0.4, -0.2) is 0 Å². The average molecular weight is 423 g/mol. The predicted octanol–water partition coefficient (Wildman–Crippen LogP) is 6.18. The highest BCUT2D eigenvalue weighted by Gasteiger charge is 2.39. The lowest BCUT2D eigenvalue weighted by molar-refractivity contribution is 0.420. The van der Waals surface area contributed by atoms with E-state index in [4.69, 9.17) is 0 Å². The molecular formula is C18H14Br2FN. The van der Waals surface area contributed by atoms with Crippen molar-refractivity contribution in [3.63, 3.8) is 0 Å². The first-order valence-corrected chi connectivity index (χ1v) is 8.89. The molecule has 0 saturated heterocycles. The van der Waals surface area contributed by atoms with Crippen molar-refractivity contribution in [2.45, 2.75) is 18.4 Å². The highest BCUT2D eigenvalue weighted by Crippen LogP contribution is 2.51. The van der Waals surface area contributed by atoms with E-state index in [9.17, 15) is 4.39 Å². The summed E-state index contributed by atoms with van der Waals surface area (Å²) < 4.78 is 16.3. The van der Waals surface area contributed by atoms with Crippen LogP contribution in [0.3, 0.4) is 0 Å². The van der Waals surface area contributed by atoms with Crippen LogP contribution in [0.4, 0.5) is 10.1 Å². The molecule has 0 fully saturated rings. The second-order valence-corrected chi connectivity index (χ2v) is 7.71. The third-order valence-corrected chi connectivity index (χ3v) is 5.60. The molecule has 1 aliphatic carbocycles. The fourth-order valence-corrected chi connectivity index (χ4v) is 4.33. The van der Waals surface area contributed by atoms with Gasteiger partial charge in [0.1, 0.15) is 5.82 Å². The van der Waals surface area contributed by atoms with Gasteiger partial charge in [0, 0.05) is 14.9 Å². The van der Waals surface area contributed by atoms with E-state index in [1.165, 1.54) is 11.6 Å². The molecule has 4 heteroatoms. The van der Waals surface area contributed by atoms with Gasteiger partial charge in [-0.25, -0.2) is 4.39 Å². The molecule has 0 aromatic heterocycles. The first-order valence-electron chi connectivity index (χ1n) is 7.31. The van der Waals surface area contributed by atoms with Crippen molar-refractivity contribution >= 4 is 37.5 Å². The SMILES string of the molecule is Fc1cc(Br)cc2c1N[C@H](c1ccc(Br)cc1)[C@@H]1CC=C[C@@H]21. The Morgan fingerprint density at radius 1 is 1.05 bits per heavy atom. The van der Waals surface area contributed by atoms with Gasteiger partial charge in [-0.1, -0.05) is 56.1 Å². The maximum absolute atomic E-state index is 14.4. The second-order valence-electron chi connectivity index (χ2n) is 5.88. The number of allylic oxidation sites excluding steroid dienone is 2. The summed E-state index contributed by atoms with van der Waals surface area (Å²) in [5.41, 5.74) is 2.90. The molecule has 2 aliphatic rings. The number of nitrogens with one attached hydrogen (secondary N) is 1. The molecule has 0 unspecified atom stereocenters. The smallest absolute Gasteiger partial charge is 0.147 e. The minimum Gasteiger partial charge on any atom is -0.375 e. The van der Waals surface area contributed by atoms with Gasteiger partial charge in [0.25, 0.3) is 0 Å². The van der Waals surface area contributed by atoms with Crippen LogP contribution in [-0.2, 0) is 0 Å². The molecule has 1 nitrogen and oxygen atoms in total. The molecule has 0 amide bonds. The van der Waals surface area contributed by atoms with E-state index >= 15 is 0 Å². The summed E-state index contributed by atoms with van der Waals surface area (Å²) in [4.78, 5) is 0. The lowest BCUT2D eigenvalue weighted by Crippen LogP contribution is -2.29. The molecule has 1 aliphatic heterocycles. The summed E-state index contributed by atoms with van der Waals surface area (Å²) in [5, 5.41) is 3.45. The fraction of sp³-hybridized carbons (Fsp3) is 0.222. The Bertz CT molecular complexity index is 754. The molecule has 2 aromatic rings. The van der Waals surface area contributed by atoms with Crippen molar-refractivity contribution in [1.82, 2.24) is 0 Å². The summed E-state index contributed by atoms with van der Waals surface area (Å²) in [6.45, 7) is 0. The molecule has 2 aromatic carbocycles. The topological polar surface area (TPSA) is 12.0 Å². The molecule has 112 valence electrons. The van der Waals surface area contributed by atoms with E-state index in [2.05, 4.69) is 61.5 Å². The van der Waals surface area contributed by atoms with Gasteiger partial charge in [0.2, 0.25) is 0 Å². The maximum Gasteiger partial charge on any atom is 0.147 e. The summed E-state index contributed by atoms with van der Waals surface area (Å²) in [7, 11) is 0. The Hall–Kier alpha value is -1.13. The Kier molecular flexibility index (Phi) is 3.61. The highest BCUT2D eigenvalue weighted by molar-refractivity contribution is 9.10. The van der Waals surface area contributed by atoms with E-state index in [-0.39, 0.29) is 17.8 Å². The Morgan fingerprint density at radius 2 is 1.82 bits per heavy atom. The quantitative estimate of drug-likeness (QED) is 0.541. The van der Waals surface area contributed by atoms with Crippen LogP contribution in [0.25, 0.3) is 0 Å². The van der Waals surface area contributed by atoms with Crippen LogP contribution in [0.1, 0.15) is 29.5 Å². The molecular weight excluding hydrogens is 409 g/mol. The molecule has 0 spiro atoms. The zero-order valence-corrected chi connectivity index (χ0v) is 14.9. The summed E-state index contributed by atoms with van der Waals surface area (Å²) in [6.07, 6.45) is 5.46. The van der Waals surface area contributed by atoms with Crippen LogP contribution in [0, 0.1) is 11.7 Å². The Balaban J connectivity index is 1.82. The van der Waals surface area contributed by atoms with Gasteiger partial charge in [0.05, 0.1) is 11.7 Å². The third-order valence-electron chi connectivity index (χ3n) is 4.61. The number of rotatable bonds is 1. The number of benzene rings is 2. The maximum atomic E-state index is 14.4. The zero-order chi connectivity index (χ0) is 15.3. The Morgan fingerprint density at radius 3 is 2.59 bits per heavy atom. The van der Waals surface area contributed by atoms with Crippen LogP contribution in [0.2, 0.25) is 0 Å². The third kappa shape index (κ3) is 2.33. The zero-order valence-electron chi connectivity index (χ0n) is 11.7. The minimum atomic E-state index is -0.190. The van der Waals surface area contributed by atoms with E-state index in [0.717, 1.165) is 20.9 Å². The molecule has 22 heavy (non-hydrogen) atoms. The van der Waals surface area contributed by atoms with Crippen LogP contribution in [0.15, 0.2) is 57.5 Å². The monoisotopic (exact) mass is 421 g/mol. The Labute approximate surface area is 145 Å². The molecule has 1 heterocycles. The average Bonchev–Trinajstić information content (AvgIpc) is 2.97. The van der Waals surface area contributed by atoms with E-state index < -0.39 is 0 Å².